The first-order valence-corrected chi connectivity index (χ1v) is 8.44. The van der Waals surface area contributed by atoms with E-state index >= 15 is 0 Å². The Morgan fingerprint density at radius 3 is 2.42 bits per heavy atom. The number of amides is 2. The normalized spacial score (nSPS) is 11.4. The molecule has 26 heavy (non-hydrogen) atoms. The van der Waals surface area contributed by atoms with E-state index in [1.165, 1.54) is 12.5 Å². The van der Waals surface area contributed by atoms with Gasteiger partial charge in [0.25, 0.3) is 0 Å². The summed E-state index contributed by atoms with van der Waals surface area (Å²) in [5.41, 5.74) is 3.49. The van der Waals surface area contributed by atoms with Crippen LogP contribution in [0.1, 0.15) is 25.0 Å². The van der Waals surface area contributed by atoms with E-state index < -0.39 is 6.04 Å². The third kappa shape index (κ3) is 5.51. The second-order valence-electron chi connectivity index (χ2n) is 6.17. The number of nitrogens with one attached hydrogen (secondary N) is 3. The minimum absolute atomic E-state index is 0.127. The third-order valence-electron chi connectivity index (χ3n) is 3.87. The van der Waals surface area contributed by atoms with Crippen molar-refractivity contribution in [1.82, 2.24) is 5.32 Å². The van der Waals surface area contributed by atoms with Crippen LogP contribution >= 0.6 is 0 Å². The van der Waals surface area contributed by atoms with E-state index in [1.807, 2.05) is 31.2 Å². The molecule has 0 aliphatic rings. The third-order valence-corrected chi connectivity index (χ3v) is 3.87. The first kappa shape index (κ1) is 19.3. The molecule has 0 saturated heterocycles. The van der Waals surface area contributed by atoms with Gasteiger partial charge in [-0.2, -0.15) is 0 Å². The van der Waals surface area contributed by atoms with Gasteiger partial charge in [0.2, 0.25) is 11.8 Å². The molecular weight excluding hydrogens is 330 g/mol. The van der Waals surface area contributed by atoms with Crippen LogP contribution in [0, 0.1) is 6.92 Å². The van der Waals surface area contributed by atoms with Crippen LogP contribution in [0.3, 0.4) is 0 Å². The second-order valence-corrected chi connectivity index (χ2v) is 6.17. The largest absolute Gasteiger partial charge is 0.495 e. The van der Waals surface area contributed by atoms with Gasteiger partial charge in [-0.15, -0.1) is 0 Å². The Labute approximate surface area is 153 Å². The predicted molar refractivity (Wildman–Crippen MR) is 103 cm³/mol. The highest BCUT2D eigenvalue weighted by molar-refractivity contribution is 5.90. The summed E-state index contributed by atoms with van der Waals surface area (Å²) in [4.78, 5) is 23.6. The van der Waals surface area contributed by atoms with Crippen molar-refractivity contribution in [3.8, 4) is 5.75 Å². The first-order valence-electron chi connectivity index (χ1n) is 8.44. The Kier molecular flexibility index (Phi) is 6.60. The van der Waals surface area contributed by atoms with Gasteiger partial charge in [0, 0.05) is 19.2 Å². The molecule has 0 aliphatic heterocycles. The van der Waals surface area contributed by atoms with Crippen LogP contribution in [-0.2, 0) is 16.1 Å². The number of anilines is 2. The smallest absolute Gasteiger partial charge is 0.242 e. The highest BCUT2D eigenvalue weighted by Crippen LogP contribution is 2.28. The van der Waals surface area contributed by atoms with Crippen molar-refractivity contribution in [2.45, 2.75) is 33.4 Å². The number of ether oxygens (including phenoxy) is 1. The predicted octanol–water partition coefficient (Wildman–Crippen LogP) is 3.08. The first-order chi connectivity index (χ1) is 12.4. The van der Waals surface area contributed by atoms with Crippen molar-refractivity contribution >= 4 is 23.2 Å². The number of hydrogen-bond acceptors (Lipinski definition) is 4. The number of methoxy groups -OCH3 is 1. The van der Waals surface area contributed by atoms with Gasteiger partial charge < -0.3 is 20.7 Å². The number of aryl methyl sites for hydroxylation is 1. The molecular formula is C20H25N3O3. The molecule has 0 fully saturated rings. The SMILES string of the molecule is COc1ccc(NC(C)=O)cc1NC(C)C(=O)NCc1ccc(C)cc1. The zero-order valence-corrected chi connectivity index (χ0v) is 15.6. The molecule has 6 heteroatoms. The van der Waals surface area contributed by atoms with Crippen LogP contribution in [0.15, 0.2) is 42.5 Å². The maximum Gasteiger partial charge on any atom is 0.242 e. The molecule has 0 heterocycles. The lowest BCUT2D eigenvalue weighted by atomic mass is 10.1. The highest BCUT2D eigenvalue weighted by Gasteiger charge is 2.15. The quantitative estimate of drug-likeness (QED) is 0.713. The number of hydrogen-bond donors (Lipinski definition) is 3. The highest BCUT2D eigenvalue weighted by atomic mass is 16.5. The summed E-state index contributed by atoms with van der Waals surface area (Å²) in [5.74, 6) is 0.305. The number of carbonyl (C=O) groups is 2. The van der Waals surface area contributed by atoms with Gasteiger partial charge in [-0.25, -0.2) is 0 Å². The Balaban J connectivity index is 2.00. The Hall–Kier alpha value is -3.02. The van der Waals surface area contributed by atoms with Crippen molar-refractivity contribution in [2.75, 3.05) is 17.7 Å². The summed E-state index contributed by atoms with van der Waals surface area (Å²) >= 11 is 0. The van der Waals surface area contributed by atoms with Crippen LogP contribution in [0.2, 0.25) is 0 Å². The van der Waals surface area contributed by atoms with Gasteiger partial charge in [-0.05, 0) is 37.6 Å². The van der Waals surface area contributed by atoms with E-state index in [-0.39, 0.29) is 11.8 Å². The van der Waals surface area contributed by atoms with Crippen LogP contribution in [-0.4, -0.2) is 25.0 Å². The molecule has 1 atom stereocenters. The van der Waals surface area contributed by atoms with Gasteiger partial charge in [-0.3, -0.25) is 9.59 Å². The number of rotatable bonds is 7. The molecule has 3 N–H and O–H groups in total. The van der Waals surface area contributed by atoms with Crippen LogP contribution in [0.25, 0.3) is 0 Å². The topological polar surface area (TPSA) is 79.5 Å². The lowest BCUT2D eigenvalue weighted by Gasteiger charge is -2.18. The molecule has 2 aromatic carbocycles. The molecule has 2 aromatic rings. The van der Waals surface area contributed by atoms with Gasteiger partial charge >= 0.3 is 0 Å². The Morgan fingerprint density at radius 2 is 1.81 bits per heavy atom. The second kappa shape index (κ2) is 8.89. The molecule has 0 saturated carbocycles. The van der Waals surface area contributed by atoms with E-state index in [9.17, 15) is 9.59 Å². The van der Waals surface area contributed by atoms with Crippen LogP contribution in [0.5, 0.6) is 5.75 Å². The molecule has 1 unspecified atom stereocenters. The van der Waals surface area contributed by atoms with E-state index in [1.54, 1.807) is 32.2 Å². The van der Waals surface area contributed by atoms with Gasteiger partial charge in [0.1, 0.15) is 11.8 Å². The fraction of sp³-hybridized carbons (Fsp3) is 0.300. The molecule has 6 nitrogen and oxygen atoms in total. The van der Waals surface area contributed by atoms with Crippen LogP contribution in [0.4, 0.5) is 11.4 Å². The van der Waals surface area contributed by atoms with Gasteiger partial charge in [-0.1, -0.05) is 29.8 Å². The van der Waals surface area contributed by atoms with E-state index in [0.29, 0.717) is 23.7 Å². The molecule has 0 aromatic heterocycles. The molecule has 2 amide bonds. The summed E-state index contributed by atoms with van der Waals surface area (Å²) in [6, 6.07) is 12.8. The summed E-state index contributed by atoms with van der Waals surface area (Å²) in [5, 5.41) is 8.76. The van der Waals surface area contributed by atoms with E-state index in [4.69, 9.17) is 4.74 Å². The maximum absolute atomic E-state index is 12.4. The van der Waals surface area contributed by atoms with E-state index in [2.05, 4.69) is 16.0 Å². The Bertz CT molecular complexity index is 772. The summed E-state index contributed by atoms with van der Waals surface area (Å²) in [6.45, 7) is 5.71. The van der Waals surface area contributed by atoms with Gasteiger partial charge in [0.15, 0.2) is 0 Å². The van der Waals surface area contributed by atoms with Crippen LogP contribution < -0.4 is 20.7 Å². The lowest BCUT2D eigenvalue weighted by molar-refractivity contribution is -0.121. The lowest BCUT2D eigenvalue weighted by Crippen LogP contribution is -2.37. The average Bonchev–Trinajstić information content (AvgIpc) is 2.60. The number of benzene rings is 2. The summed E-state index contributed by atoms with van der Waals surface area (Å²) in [7, 11) is 1.56. The minimum atomic E-state index is -0.470. The average molecular weight is 355 g/mol. The van der Waals surface area contributed by atoms with Crippen molar-refractivity contribution in [3.05, 3.63) is 53.6 Å². The fourth-order valence-corrected chi connectivity index (χ4v) is 2.45. The van der Waals surface area contributed by atoms with Crippen molar-refractivity contribution in [2.24, 2.45) is 0 Å². The molecule has 0 bridgehead atoms. The zero-order chi connectivity index (χ0) is 19.1. The minimum Gasteiger partial charge on any atom is -0.495 e. The Morgan fingerprint density at radius 1 is 1.12 bits per heavy atom. The fourth-order valence-electron chi connectivity index (χ4n) is 2.45. The zero-order valence-electron chi connectivity index (χ0n) is 15.6. The van der Waals surface area contributed by atoms with Crippen molar-refractivity contribution in [3.63, 3.8) is 0 Å². The maximum atomic E-state index is 12.4. The molecule has 0 radical (unpaired) electrons. The summed E-state index contributed by atoms with van der Waals surface area (Å²) < 4.78 is 5.32. The standard InChI is InChI=1S/C20H25N3O3/c1-13-5-7-16(8-6-13)12-21-20(25)14(2)22-18-11-17(23-15(3)24)9-10-19(18)26-4/h5-11,14,22H,12H2,1-4H3,(H,21,25)(H,23,24). The molecule has 138 valence electrons. The molecule has 0 aliphatic carbocycles. The summed E-state index contributed by atoms with van der Waals surface area (Å²) in [6.07, 6.45) is 0. The molecule has 0 spiro atoms. The van der Waals surface area contributed by atoms with Gasteiger partial charge in [0.05, 0.1) is 12.8 Å². The van der Waals surface area contributed by atoms with Crippen molar-refractivity contribution in [1.29, 1.82) is 0 Å². The van der Waals surface area contributed by atoms with Crippen molar-refractivity contribution < 1.29 is 14.3 Å². The monoisotopic (exact) mass is 355 g/mol. The molecule has 2 rings (SSSR count). The van der Waals surface area contributed by atoms with E-state index in [0.717, 1.165) is 5.56 Å². The number of carbonyl (C=O) groups excluding carboxylic acids is 2.